The van der Waals surface area contributed by atoms with E-state index < -0.39 is 0 Å². The van der Waals surface area contributed by atoms with Crippen LogP contribution in [0, 0.1) is 23.2 Å². The maximum Gasteiger partial charge on any atom is 0.241 e. The van der Waals surface area contributed by atoms with Crippen molar-refractivity contribution in [3.63, 3.8) is 0 Å². The van der Waals surface area contributed by atoms with Gasteiger partial charge in [-0.2, -0.15) is 5.26 Å². The first-order valence-corrected chi connectivity index (χ1v) is 7.06. The summed E-state index contributed by atoms with van der Waals surface area (Å²) in [6, 6.07) is 8.88. The second-order valence-electron chi connectivity index (χ2n) is 5.76. The molecule has 1 amide bonds. The Morgan fingerprint density at radius 3 is 2.35 bits per heavy atom. The Morgan fingerprint density at radius 1 is 1.30 bits per heavy atom. The van der Waals surface area contributed by atoms with Crippen molar-refractivity contribution in [2.24, 2.45) is 11.8 Å². The zero-order valence-corrected chi connectivity index (χ0v) is 12.3. The van der Waals surface area contributed by atoms with Gasteiger partial charge >= 0.3 is 0 Å². The molecule has 1 aromatic carbocycles. The highest BCUT2D eigenvalue weighted by molar-refractivity contribution is 5.94. The van der Waals surface area contributed by atoms with Crippen LogP contribution in [0.1, 0.15) is 26.3 Å². The molecule has 0 saturated carbocycles. The van der Waals surface area contributed by atoms with Gasteiger partial charge in [-0.1, -0.05) is 13.8 Å². The summed E-state index contributed by atoms with van der Waals surface area (Å²) in [5.74, 6) is 1.29. The number of benzene rings is 1. The molecule has 0 spiro atoms. The summed E-state index contributed by atoms with van der Waals surface area (Å²) >= 11 is 0. The normalized spacial score (nSPS) is 24.1. The van der Waals surface area contributed by atoms with E-state index in [0.29, 0.717) is 17.4 Å². The molecule has 1 aromatic rings. The largest absolute Gasteiger partial charge is 0.325 e. The highest BCUT2D eigenvalue weighted by atomic mass is 16.2. The average molecular weight is 271 g/mol. The van der Waals surface area contributed by atoms with Crippen molar-refractivity contribution < 1.29 is 4.79 Å². The molecule has 1 aliphatic rings. The van der Waals surface area contributed by atoms with Gasteiger partial charge in [0.1, 0.15) is 0 Å². The summed E-state index contributed by atoms with van der Waals surface area (Å²) in [6.45, 7) is 8.36. The average Bonchev–Trinajstić information content (AvgIpc) is 2.78. The molecular weight excluding hydrogens is 250 g/mol. The van der Waals surface area contributed by atoms with Crippen LogP contribution >= 0.6 is 0 Å². The van der Waals surface area contributed by atoms with Crippen molar-refractivity contribution in [2.45, 2.75) is 26.8 Å². The van der Waals surface area contributed by atoms with E-state index in [9.17, 15) is 4.79 Å². The van der Waals surface area contributed by atoms with E-state index in [4.69, 9.17) is 5.26 Å². The molecule has 1 saturated heterocycles. The Morgan fingerprint density at radius 2 is 1.85 bits per heavy atom. The van der Waals surface area contributed by atoms with Crippen molar-refractivity contribution in [3.8, 4) is 6.07 Å². The molecule has 0 bridgehead atoms. The van der Waals surface area contributed by atoms with Gasteiger partial charge in [0, 0.05) is 18.8 Å². The standard InChI is InChI=1S/C16H21N3O/c1-11-9-19(10-12(11)2)13(3)16(20)18-15-6-4-14(8-17)5-7-15/h4-7,11-13H,9-10H2,1-3H3,(H,18,20). The van der Waals surface area contributed by atoms with Crippen molar-refractivity contribution in [3.05, 3.63) is 29.8 Å². The molecule has 4 heteroatoms. The van der Waals surface area contributed by atoms with E-state index in [0.717, 1.165) is 18.8 Å². The summed E-state index contributed by atoms with van der Waals surface area (Å²) in [5, 5.41) is 11.7. The minimum absolute atomic E-state index is 0.0102. The van der Waals surface area contributed by atoms with E-state index in [-0.39, 0.29) is 11.9 Å². The molecule has 1 aliphatic heterocycles. The van der Waals surface area contributed by atoms with Gasteiger partial charge in [0.25, 0.3) is 0 Å². The zero-order valence-electron chi connectivity index (χ0n) is 12.3. The van der Waals surface area contributed by atoms with Crippen molar-refractivity contribution >= 4 is 11.6 Å². The third kappa shape index (κ3) is 3.17. The van der Waals surface area contributed by atoms with Gasteiger partial charge in [-0.15, -0.1) is 0 Å². The smallest absolute Gasteiger partial charge is 0.241 e. The van der Waals surface area contributed by atoms with Crippen LogP contribution in [0.2, 0.25) is 0 Å². The maximum atomic E-state index is 12.2. The first kappa shape index (κ1) is 14.5. The fourth-order valence-electron chi connectivity index (χ4n) is 2.53. The van der Waals surface area contributed by atoms with E-state index in [1.165, 1.54) is 0 Å². The summed E-state index contributed by atoms with van der Waals surface area (Å²) in [6.07, 6.45) is 0. The third-order valence-electron chi connectivity index (χ3n) is 4.23. The lowest BCUT2D eigenvalue weighted by Crippen LogP contribution is -2.40. The number of nitrogens with zero attached hydrogens (tertiary/aromatic N) is 2. The number of carbonyl (C=O) groups is 1. The summed E-state index contributed by atoms with van der Waals surface area (Å²) in [4.78, 5) is 14.5. The summed E-state index contributed by atoms with van der Waals surface area (Å²) in [7, 11) is 0. The van der Waals surface area contributed by atoms with Gasteiger partial charge in [0.05, 0.1) is 17.7 Å². The molecule has 20 heavy (non-hydrogen) atoms. The van der Waals surface area contributed by atoms with Crippen LogP contribution < -0.4 is 5.32 Å². The number of rotatable bonds is 3. The van der Waals surface area contributed by atoms with Gasteiger partial charge in [-0.3, -0.25) is 9.69 Å². The quantitative estimate of drug-likeness (QED) is 0.918. The highest BCUT2D eigenvalue weighted by Gasteiger charge is 2.31. The third-order valence-corrected chi connectivity index (χ3v) is 4.23. The van der Waals surface area contributed by atoms with Crippen LogP contribution in [0.3, 0.4) is 0 Å². The molecule has 2 rings (SSSR count). The minimum Gasteiger partial charge on any atom is -0.325 e. The van der Waals surface area contributed by atoms with Gasteiger partial charge in [-0.05, 0) is 43.0 Å². The van der Waals surface area contributed by atoms with Crippen LogP contribution in [0.15, 0.2) is 24.3 Å². The molecule has 1 heterocycles. The Kier molecular flexibility index (Phi) is 4.41. The Labute approximate surface area is 120 Å². The number of nitrogens with one attached hydrogen (secondary N) is 1. The Bertz CT molecular complexity index is 508. The van der Waals surface area contributed by atoms with Crippen LogP contribution in [-0.4, -0.2) is 29.9 Å². The van der Waals surface area contributed by atoms with Crippen LogP contribution in [0.25, 0.3) is 0 Å². The number of hydrogen-bond acceptors (Lipinski definition) is 3. The van der Waals surface area contributed by atoms with Gasteiger partial charge < -0.3 is 5.32 Å². The van der Waals surface area contributed by atoms with E-state index in [1.54, 1.807) is 24.3 Å². The first-order chi connectivity index (χ1) is 9.51. The molecule has 3 atom stereocenters. The predicted molar refractivity (Wildman–Crippen MR) is 79.1 cm³/mol. The van der Waals surface area contributed by atoms with Crippen molar-refractivity contribution in [1.29, 1.82) is 5.26 Å². The van der Waals surface area contributed by atoms with E-state index >= 15 is 0 Å². The number of amides is 1. The van der Waals surface area contributed by atoms with Crippen molar-refractivity contribution in [2.75, 3.05) is 18.4 Å². The number of anilines is 1. The predicted octanol–water partition coefficient (Wildman–Crippen LogP) is 2.47. The maximum absolute atomic E-state index is 12.2. The molecule has 1 N–H and O–H groups in total. The van der Waals surface area contributed by atoms with Crippen LogP contribution in [-0.2, 0) is 4.79 Å². The lowest BCUT2D eigenvalue weighted by atomic mass is 10.0. The fourth-order valence-corrected chi connectivity index (χ4v) is 2.53. The van der Waals surface area contributed by atoms with E-state index in [2.05, 4.69) is 30.1 Å². The zero-order chi connectivity index (χ0) is 14.7. The van der Waals surface area contributed by atoms with Gasteiger partial charge in [-0.25, -0.2) is 0 Å². The molecule has 0 aromatic heterocycles. The number of hydrogen-bond donors (Lipinski definition) is 1. The Balaban J connectivity index is 1.95. The molecular formula is C16H21N3O. The number of carbonyl (C=O) groups excluding carboxylic acids is 1. The second-order valence-corrected chi connectivity index (χ2v) is 5.76. The molecule has 0 aliphatic carbocycles. The summed E-state index contributed by atoms with van der Waals surface area (Å²) < 4.78 is 0. The lowest BCUT2D eigenvalue weighted by Gasteiger charge is -2.23. The first-order valence-electron chi connectivity index (χ1n) is 7.06. The molecule has 4 nitrogen and oxygen atoms in total. The van der Waals surface area contributed by atoms with Crippen LogP contribution in [0.5, 0.6) is 0 Å². The minimum atomic E-state index is -0.127. The molecule has 3 unspecified atom stereocenters. The van der Waals surface area contributed by atoms with Crippen LogP contribution in [0.4, 0.5) is 5.69 Å². The van der Waals surface area contributed by atoms with Gasteiger partial charge in [0.15, 0.2) is 0 Å². The summed E-state index contributed by atoms with van der Waals surface area (Å²) in [5.41, 5.74) is 1.33. The lowest BCUT2D eigenvalue weighted by molar-refractivity contribution is -0.120. The monoisotopic (exact) mass is 271 g/mol. The molecule has 106 valence electrons. The fraction of sp³-hybridized carbons (Fsp3) is 0.500. The van der Waals surface area contributed by atoms with Crippen molar-refractivity contribution in [1.82, 2.24) is 4.90 Å². The second kappa shape index (κ2) is 6.06. The molecule has 0 radical (unpaired) electrons. The van der Waals surface area contributed by atoms with Gasteiger partial charge in [0.2, 0.25) is 5.91 Å². The highest BCUT2D eigenvalue weighted by Crippen LogP contribution is 2.24. The number of nitriles is 1. The topological polar surface area (TPSA) is 56.1 Å². The Hall–Kier alpha value is -1.86. The SMILES string of the molecule is CC1CN(C(C)C(=O)Nc2ccc(C#N)cc2)CC1C. The van der Waals surface area contributed by atoms with E-state index in [1.807, 2.05) is 6.92 Å². The number of likely N-dealkylation sites (tertiary alicyclic amines) is 1. The molecule has 1 fully saturated rings.